The second kappa shape index (κ2) is 12.5. The van der Waals surface area contributed by atoms with Gasteiger partial charge in [0.05, 0.1) is 27.7 Å². The lowest BCUT2D eigenvalue weighted by Gasteiger charge is -2.07. The molecule has 2 aliphatic rings. The van der Waals surface area contributed by atoms with Gasteiger partial charge in [-0.1, -0.05) is 72.8 Å². The third-order valence-corrected chi connectivity index (χ3v) is 9.40. The Balaban J connectivity index is 1.46. The van der Waals surface area contributed by atoms with Crippen molar-refractivity contribution in [3.63, 3.8) is 0 Å². The van der Waals surface area contributed by atoms with Gasteiger partial charge in [0.15, 0.2) is 0 Å². The number of nitro benzene ring substituents is 1. The molecule has 4 aromatic carbocycles. The van der Waals surface area contributed by atoms with Gasteiger partial charge in [-0.3, -0.25) is 10.1 Å². The molecule has 2 aliphatic heterocycles. The quantitative estimate of drug-likeness (QED) is 0.124. The van der Waals surface area contributed by atoms with Gasteiger partial charge in [0.25, 0.3) is 5.69 Å². The van der Waals surface area contributed by atoms with Crippen LogP contribution in [0.5, 0.6) is 5.75 Å². The summed E-state index contributed by atoms with van der Waals surface area (Å²) >= 11 is 0. The van der Waals surface area contributed by atoms with Crippen LogP contribution in [0, 0.1) is 10.1 Å². The Hall–Kier alpha value is -7.32. The average Bonchev–Trinajstić information content (AvgIpc) is 4.01. The van der Waals surface area contributed by atoms with Crippen molar-refractivity contribution in [2.75, 3.05) is 0 Å². The van der Waals surface area contributed by atoms with Crippen LogP contribution in [-0.4, -0.2) is 30.0 Å². The van der Waals surface area contributed by atoms with Crippen LogP contribution >= 0.6 is 0 Å². The lowest BCUT2D eigenvalue weighted by Crippen LogP contribution is -1.90. The van der Waals surface area contributed by atoms with E-state index in [1.807, 2.05) is 72.8 Å². The molecule has 8 heteroatoms. The summed E-state index contributed by atoms with van der Waals surface area (Å²) in [5.41, 5.74) is 13.7. The number of rotatable bonds is 5. The van der Waals surface area contributed by atoms with Crippen LogP contribution in [0.25, 0.3) is 90.9 Å². The Morgan fingerprint density at radius 3 is 1.12 bits per heavy atom. The number of phenols is 1. The number of non-ortho nitro benzene ring substituents is 1. The number of benzene rings is 4. The molecule has 8 bridgehead atoms. The molecule has 7 aromatic rings. The average molecular weight is 676 g/mol. The Labute approximate surface area is 297 Å². The molecule has 0 unspecified atom stereocenters. The predicted octanol–water partition coefficient (Wildman–Crippen LogP) is 10.9. The number of fused-ring (bicyclic) bond motifs is 8. The van der Waals surface area contributed by atoms with Crippen LogP contribution in [0.15, 0.2) is 133 Å². The first-order valence-corrected chi connectivity index (χ1v) is 16.8. The smallest absolute Gasteiger partial charge is 0.269 e. The molecule has 0 atom stereocenters. The van der Waals surface area contributed by atoms with Gasteiger partial charge < -0.3 is 15.1 Å². The maximum absolute atomic E-state index is 11.6. The second-order valence-corrected chi connectivity index (χ2v) is 12.6. The Kier molecular flexibility index (Phi) is 7.40. The molecule has 0 fully saturated rings. The first kappa shape index (κ1) is 30.7. The highest BCUT2D eigenvalue weighted by molar-refractivity contribution is 5.99. The van der Waals surface area contributed by atoms with E-state index >= 15 is 0 Å². The first-order chi connectivity index (χ1) is 25.5. The molecule has 3 aromatic heterocycles. The Morgan fingerprint density at radius 2 is 0.769 bits per heavy atom. The number of nitrogens with one attached hydrogen (secondary N) is 2. The fourth-order valence-electron chi connectivity index (χ4n) is 7.01. The van der Waals surface area contributed by atoms with E-state index in [0.29, 0.717) is 5.69 Å². The maximum atomic E-state index is 11.6. The fourth-order valence-corrected chi connectivity index (χ4v) is 7.01. The molecule has 0 radical (unpaired) electrons. The van der Waals surface area contributed by atoms with Crippen molar-refractivity contribution >= 4 is 52.1 Å². The zero-order valence-corrected chi connectivity index (χ0v) is 27.6. The van der Waals surface area contributed by atoms with E-state index in [4.69, 9.17) is 9.97 Å². The maximum Gasteiger partial charge on any atom is 0.269 e. The monoisotopic (exact) mass is 675 g/mol. The van der Waals surface area contributed by atoms with E-state index in [2.05, 4.69) is 58.5 Å². The Morgan fingerprint density at radius 1 is 0.442 bits per heavy atom. The molecular formula is C44H29N5O3. The topological polar surface area (TPSA) is 121 Å². The molecule has 8 nitrogen and oxygen atoms in total. The van der Waals surface area contributed by atoms with Crippen LogP contribution in [0.4, 0.5) is 5.69 Å². The largest absolute Gasteiger partial charge is 0.508 e. The number of aromatic nitrogens is 4. The van der Waals surface area contributed by atoms with Crippen LogP contribution in [0.3, 0.4) is 0 Å². The van der Waals surface area contributed by atoms with E-state index in [1.54, 1.807) is 24.3 Å². The van der Waals surface area contributed by atoms with Crippen LogP contribution in [0.1, 0.15) is 22.8 Å². The van der Waals surface area contributed by atoms with Crippen molar-refractivity contribution in [1.82, 2.24) is 19.9 Å². The van der Waals surface area contributed by atoms with Gasteiger partial charge in [0.1, 0.15) is 5.75 Å². The van der Waals surface area contributed by atoms with E-state index < -0.39 is 4.92 Å². The summed E-state index contributed by atoms with van der Waals surface area (Å²) in [6.07, 6.45) is 8.08. The van der Waals surface area contributed by atoms with Gasteiger partial charge in [-0.15, -0.1) is 0 Å². The number of nitro groups is 1. The standard InChI is InChI=1S/C44H29N5O3/c50-32-17-13-30(14-18-32)44-39-24-22-36(47-39)42(28-9-5-2-6-10-28)34-20-19-33(45-34)41(27-7-3-1-4-8-27)35-21-23-37(46-35)43(38-25-26-40(44)48-38)29-11-15-31(16-12-29)49(51)52/h1-26,46-47,50H. The van der Waals surface area contributed by atoms with E-state index in [1.165, 1.54) is 12.1 Å². The minimum atomic E-state index is -0.397. The normalized spacial score (nSPS) is 11.9. The number of nitrogens with zero attached hydrogens (tertiary/aromatic N) is 3. The summed E-state index contributed by atoms with van der Waals surface area (Å²) < 4.78 is 0. The third kappa shape index (κ3) is 5.45. The van der Waals surface area contributed by atoms with Crippen molar-refractivity contribution in [3.8, 4) is 50.3 Å². The SMILES string of the molecule is O=[N+]([O-])c1ccc(-c2c3nc(c(-c4ccc(O)cc4)c4ccc([nH]4)c(-c4ccccc4)c4nc(c(-c5ccccc5)c5ccc2[nH]5)C=C4)C=C3)cc1. The van der Waals surface area contributed by atoms with Gasteiger partial charge in [0.2, 0.25) is 0 Å². The molecule has 0 amide bonds. The molecule has 0 spiro atoms. The highest BCUT2D eigenvalue weighted by Crippen LogP contribution is 2.38. The highest BCUT2D eigenvalue weighted by Gasteiger charge is 2.19. The van der Waals surface area contributed by atoms with Crippen molar-refractivity contribution in [1.29, 1.82) is 0 Å². The molecular weight excluding hydrogens is 647 g/mol. The fraction of sp³-hybridized carbons (Fsp3) is 0. The number of H-pyrrole nitrogens is 2. The number of aromatic hydroxyl groups is 1. The number of phenolic OH excluding ortho intramolecular Hbond substituents is 1. The van der Waals surface area contributed by atoms with E-state index in [-0.39, 0.29) is 11.4 Å². The zero-order valence-electron chi connectivity index (χ0n) is 27.6. The summed E-state index contributed by atoms with van der Waals surface area (Å²) in [6.45, 7) is 0. The summed E-state index contributed by atoms with van der Waals surface area (Å²) in [5, 5.41) is 21.7. The minimum absolute atomic E-state index is 0.0100. The molecule has 9 rings (SSSR count). The number of hydrogen-bond donors (Lipinski definition) is 3. The van der Waals surface area contributed by atoms with Crippen LogP contribution in [0.2, 0.25) is 0 Å². The van der Waals surface area contributed by atoms with Gasteiger partial charge in [-0.05, 0) is 95.1 Å². The first-order valence-electron chi connectivity index (χ1n) is 16.8. The lowest BCUT2D eigenvalue weighted by atomic mass is 10.0. The minimum Gasteiger partial charge on any atom is -0.508 e. The molecule has 248 valence electrons. The van der Waals surface area contributed by atoms with E-state index in [9.17, 15) is 15.2 Å². The summed E-state index contributed by atoms with van der Waals surface area (Å²) in [4.78, 5) is 29.1. The van der Waals surface area contributed by atoms with Gasteiger partial charge in [-0.25, -0.2) is 9.97 Å². The summed E-state index contributed by atoms with van der Waals surface area (Å²) in [6, 6.07) is 42.3. The molecule has 0 saturated carbocycles. The predicted molar refractivity (Wildman–Crippen MR) is 209 cm³/mol. The van der Waals surface area contributed by atoms with Gasteiger partial charge >= 0.3 is 0 Å². The van der Waals surface area contributed by atoms with Crippen molar-refractivity contribution in [2.24, 2.45) is 0 Å². The number of hydrogen-bond acceptors (Lipinski definition) is 5. The van der Waals surface area contributed by atoms with Gasteiger partial charge in [-0.2, -0.15) is 0 Å². The van der Waals surface area contributed by atoms with Crippen LogP contribution < -0.4 is 0 Å². The summed E-state index contributed by atoms with van der Waals surface area (Å²) in [7, 11) is 0. The molecule has 0 saturated heterocycles. The molecule has 0 aliphatic carbocycles. The van der Waals surface area contributed by atoms with Crippen molar-refractivity contribution in [3.05, 3.63) is 166 Å². The van der Waals surface area contributed by atoms with E-state index in [0.717, 1.165) is 83.7 Å². The lowest BCUT2D eigenvalue weighted by molar-refractivity contribution is -0.384. The molecule has 3 N–H and O–H groups in total. The zero-order chi connectivity index (χ0) is 35.2. The van der Waals surface area contributed by atoms with Gasteiger partial charge in [0, 0.05) is 56.5 Å². The highest BCUT2D eigenvalue weighted by atomic mass is 16.6. The third-order valence-electron chi connectivity index (χ3n) is 9.40. The van der Waals surface area contributed by atoms with Crippen molar-refractivity contribution < 1.29 is 10.0 Å². The molecule has 5 heterocycles. The van der Waals surface area contributed by atoms with Crippen LogP contribution in [-0.2, 0) is 0 Å². The number of aromatic amines is 2. The molecule has 52 heavy (non-hydrogen) atoms. The Bertz CT molecular complexity index is 2740. The van der Waals surface area contributed by atoms with Crippen molar-refractivity contribution in [2.45, 2.75) is 0 Å². The summed E-state index contributed by atoms with van der Waals surface area (Å²) in [5.74, 6) is 0.168. The second-order valence-electron chi connectivity index (χ2n) is 12.6.